The van der Waals surface area contributed by atoms with Gasteiger partial charge in [-0.3, -0.25) is 19.3 Å². The van der Waals surface area contributed by atoms with Gasteiger partial charge in [0.25, 0.3) is 11.2 Å². The van der Waals surface area contributed by atoms with Crippen LogP contribution in [0.25, 0.3) is 38.6 Å². The van der Waals surface area contributed by atoms with Crippen LogP contribution < -0.4 is 5.56 Å². The number of hydrogen-bond donors (Lipinski definition) is 1. The Hall–Kier alpha value is -3.85. The number of imidazole rings is 1. The first-order valence-electron chi connectivity index (χ1n) is 8.31. The molecular weight excluding hydrogens is 378 g/mol. The number of nitro groups is 1. The van der Waals surface area contributed by atoms with E-state index in [0.29, 0.717) is 22.4 Å². The van der Waals surface area contributed by atoms with Crippen molar-refractivity contribution in [3.63, 3.8) is 0 Å². The summed E-state index contributed by atoms with van der Waals surface area (Å²) in [6.45, 7) is 0. The molecule has 0 atom stereocenters. The number of aromatic amines is 1. The number of H-pyrrole nitrogens is 1. The number of aromatic nitrogens is 4. The normalized spacial score (nSPS) is 11.3. The Kier molecular flexibility index (Phi) is 3.56. The van der Waals surface area contributed by atoms with Crippen molar-refractivity contribution in [2.24, 2.45) is 0 Å². The summed E-state index contributed by atoms with van der Waals surface area (Å²) in [6.07, 6.45) is 1.83. The fraction of sp³-hybridized carbons (Fsp3) is 0. The highest BCUT2D eigenvalue weighted by Gasteiger charge is 2.21. The van der Waals surface area contributed by atoms with Crippen LogP contribution in [0.5, 0.6) is 0 Å². The van der Waals surface area contributed by atoms with Crippen LogP contribution in [0.1, 0.15) is 0 Å². The van der Waals surface area contributed by atoms with Crippen LogP contribution in [-0.4, -0.2) is 24.3 Å². The van der Waals surface area contributed by atoms with E-state index in [1.165, 1.54) is 29.5 Å². The molecule has 28 heavy (non-hydrogen) atoms. The summed E-state index contributed by atoms with van der Waals surface area (Å²) in [7, 11) is 0. The Morgan fingerprint density at radius 1 is 1.07 bits per heavy atom. The van der Waals surface area contributed by atoms with Crippen LogP contribution in [0.15, 0.2) is 64.9 Å². The summed E-state index contributed by atoms with van der Waals surface area (Å²) >= 11 is 1.45. The monoisotopic (exact) mass is 389 g/mol. The average molecular weight is 389 g/mol. The van der Waals surface area contributed by atoms with Gasteiger partial charge in [-0.2, -0.15) is 0 Å². The summed E-state index contributed by atoms with van der Waals surface area (Å²) in [4.78, 5) is 36.1. The highest BCUT2D eigenvalue weighted by atomic mass is 32.1. The van der Waals surface area contributed by atoms with Gasteiger partial charge < -0.3 is 4.98 Å². The lowest BCUT2D eigenvalue weighted by Gasteiger charge is -2.05. The molecule has 8 nitrogen and oxygen atoms in total. The van der Waals surface area contributed by atoms with Crippen LogP contribution in [0.4, 0.5) is 5.69 Å². The van der Waals surface area contributed by atoms with Crippen molar-refractivity contribution in [1.29, 1.82) is 0 Å². The molecular formula is C19H11N5O3S. The quantitative estimate of drug-likeness (QED) is 0.372. The number of rotatable bonds is 3. The van der Waals surface area contributed by atoms with Crippen molar-refractivity contribution < 1.29 is 4.92 Å². The molecule has 0 fully saturated rings. The molecule has 0 aliphatic carbocycles. The van der Waals surface area contributed by atoms with Crippen molar-refractivity contribution in [1.82, 2.24) is 19.4 Å². The number of nitro benzene ring substituents is 1. The van der Waals surface area contributed by atoms with Crippen molar-refractivity contribution in [2.75, 3.05) is 0 Å². The predicted molar refractivity (Wildman–Crippen MR) is 107 cm³/mol. The highest BCUT2D eigenvalue weighted by Crippen LogP contribution is 2.32. The third-order valence-corrected chi connectivity index (χ3v) is 5.18. The Labute approximate surface area is 160 Å². The van der Waals surface area contributed by atoms with E-state index in [9.17, 15) is 14.9 Å². The SMILES string of the molecule is O=c1[nH]c2ccc([N+](=O)[O-])cc2nc1-c1c(-c2ccccc2)nc2sccn12. The van der Waals surface area contributed by atoms with Crippen LogP contribution in [-0.2, 0) is 0 Å². The lowest BCUT2D eigenvalue weighted by molar-refractivity contribution is -0.384. The highest BCUT2D eigenvalue weighted by molar-refractivity contribution is 7.15. The molecule has 0 aliphatic heterocycles. The zero-order chi connectivity index (χ0) is 19.3. The maximum Gasteiger partial charge on any atom is 0.276 e. The number of benzene rings is 2. The molecule has 0 spiro atoms. The van der Waals surface area contributed by atoms with E-state index in [1.54, 1.807) is 0 Å². The zero-order valence-electron chi connectivity index (χ0n) is 14.2. The van der Waals surface area contributed by atoms with Crippen LogP contribution >= 0.6 is 11.3 Å². The molecule has 1 N–H and O–H groups in total. The van der Waals surface area contributed by atoms with Gasteiger partial charge in [-0.15, -0.1) is 11.3 Å². The molecule has 3 aromatic heterocycles. The van der Waals surface area contributed by atoms with Gasteiger partial charge in [-0.1, -0.05) is 30.3 Å². The first kappa shape index (κ1) is 16.3. The Morgan fingerprint density at radius 2 is 1.89 bits per heavy atom. The van der Waals surface area contributed by atoms with Gasteiger partial charge in [0.05, 0.1) is 16.0 Å². The maximum absolute atomic E-state index is 12.8. The second-order valence-corrected chi connectivity index (χ2v) is 6.98. The number of fused-ring (bicyclic) bond motifs is 2. The topological polar surface area (TPSA) is 106 Å². The van der Waals surface area contributed by atoms with Crippen molar-refractivity contribution in [3.05, 3.63) is 80.6 Å². The smallest absolute Gasteiger partial charge is 0.276 e. The van der Waals surface area contributed by atoms with Gasteiger partial charge in [0.15, 0.2) is 10.7 Å². The van der Waals surface area contributed by atoms with Crippen LogP contribution in [0.3, 0.4) is 0 Å². The second kappa shape index (κ2) is 6.10. The third-order valence-electron chi connectivity index (χ3n) is 4.42. The predicted octanol–water partition coefficient (Wildman–Crippen LogP) is 3.87. The second-order valence-electron chi connectivity index (χ2n) is 6.10. The summed E-state index contributed by atoms with van der Waals surface area (Å²) < 4.78 is 1.81. The molecule has 2 aromatic carbocycles. The molecule has 9 heteroatoms. The lowest BCUT2D eigenvalue weighted by atomic mass is 10.1. The minimum atomic E-state index is -0.489. The van der Waals surface area contributed by atoms with E-state index in [0.717, 1.165) is 10.5 Å². The number of nitrogens with zero attached hydrogens (tertiary/aromatic N) is 4. The molecule has 5 rings (SSSR count). The van der Waals surface area contributed by atoms with E-state index in [2.05, 4.69) is 15.0 Å². The van der Waals surface area contributed by atoms with E-state index in [4.69, 9.17) is 0 Å². The number of thiazole rings is 1. The number of hydrogen-bond acceptors (Lipinski definition) is 6. The van der Waals surface area contributed by atoms with Crippen molar-refractivity contribution in [3.8, 4) is 22.6 Å². The molecule has 0 radical (unpaired) electrons. The molecule has 0 unspecified atom stereocenters. The molecule has 0 saturated carbocycles. The Balaban J connectivity index is 1.83. The van der Waals surface area contributed by atoms with Gasteiger partial charge >= 0.3 is 0 Å². The first-order chi connectivity index (χ1) is 13.6. The number of nitrogens with one attached hydrogen (secondary N) is 1. The summed E-state index contributed by atoms with van der Waals surface area (Å²) in [6, 6.07) is 13.7. The summed E-state index contributed by atoms with van der Waals surface area (Å²) in [5, 5.41) is 13.0. The largest absolute Gasteiger partial charge is 0.319 e. The van der Waals surface area contributed by atoms with Gasteiger partial charge in [0.1, 0.15) is 11.4 Å². The van der Waals surface area contributed by atoms with E-state index >= 15 is 0 Å². The lowest BCUT2D eigenvalue weighted by Crippen LogP contribution is -2.13. The molecule has 0 aliphatic rings. The fourth-order valence-corrected chi connectivity index (χ4v) is 3.87. The standard InChI is InChI=1S/C19H11N5O3S/c25-18-16(20-14-10-12(24(26)27)6-7-13(14)21-18)17-15(11-4-2-1-3-5-11)22-19-23(17)8-9-28-19/h1-10H,(H,21,25). The molecule has 0 amide bonds. The van der Waals surface area contributed by atoms with E-state index < -0.39 is 4.92 Å². The Morgan fingerprint density at radius 3 is 2.68 bits per heavy atom. The Bertz CT molecular complexity index is 1420. The van der Waals surface area contributed by atoms with Gasteiger partial charge in [0.2, 0.25) is 0 Å². The number of non-ortho nitro benzene ring substituents is 1. The van der Waals surface area contributed by atoms with Crippen LogP contribution in [0, 0.1) is 10.1 Å². The fourth-order valence-electron chi connectivity index (χ4n) is 3.15. The zero-order valence-corrected chi connectivity index (χ0v) is 15.0. The maximum atomic E-state index is 12.8. The van der Waals surface area contributed by atoms with E-state index in [1.807, 2.05) is 46.3 Å². The summed E-state index contributed by atoms with van der Waals surface area (Å²) in [5.74, 6) is 0. The molecule has 136 valence electrons. The molecule has 0 saturated heterocycles. The van der Waals surface area contributed by atoms with Crippen molar-refractivity contribution in [2.45, 2.75) is 0 Å². The van der Waals surface area contributed by atoms with E-state index in [-0.39, 0.29) is 16.9 Å². The third kappa shape index (κ3) is 2.48. The van der Waals surface area contributed by atoms with Crippen LogP contribution in [0.2, 0.25) is 0 Å². The molecule has 0 bridgehead atoms. The molecule has 3 heterocycles. The van der Waals surface area contributed by atoms with Crippen molar-refractivity contribution >= 4 is 33.0 Å². The minimum absolute atomic E-state index is 0.0877. The van der Waals surface area contributed by atoms with Gasteiger partial charge in [0, 0.05) is 29.3 Å². The van der Waals surface area contributed by atoms with Gasteiger partial charge in [-0.25, -0.2) is 9.97 Å². The minimum Gasteiger partial charge on any atom is -0.319 e. The molecule has 5 aromatic rings. The average Bonchev–Trinajstić information content (AvgIpc) is 3.29. The van der Waals surface area contributed by atoms with Gasteiger partial charge in [-0.05, 0) is 6.07 Å². The summed E-state index contributed by atoms with van der Waals surface area (Å²) in [5.41, 5.74) is 2.51. The first-order valence-corrected chi connectivity index (χ1v) is 9.19.